The van der Waals surface area contributed by atoms with E-state index in [-0.39, 0.29) is 18.5 Å². The van der Waals surface area contributed by atoms with Crippen LogP contribution >= 0.6 is 0 Å². The predicted molar refractivity (Wildman–Crippen MR) is 75.8 cm³/mol. The highest BCUT2D eigenvalue weighted by Gasteiger charge is 2.14. The van der Waals surface area contributed by atoms with E-state index in [2.05, 4.69) is 11.5 Å². The van der Waals surface area contributed by atoms with Gasteiger partial charge >= 0.3 is 0 Å². The van der Waals surface area contributed by atoms with Crippen LogP contribution in [0.25, 0.3) is 0 Å². The van der Waals surface area contributed by atoms with Gasteiger partial charge in [0.15, 0.2) is 5.78 Å². The van der Waals surface area contributed by atoms with Gasteiger partial charge in [0.2, 0.25) is 0 Å². The first-order chi connectivity index (χ1) is 8.97. The summed E-state index contributed by atoms with van der Waals surface area (Å²) in [6, 6.07) is 1.94. The van der Waals surface area contributed by atoms with Gasteiger partial charge in [-0.05, 0) is 40.7 Å². The van der Waals surface area contributed by atoms with Crippen molar-refractivity contribution in [2.45, 2.75) is 47.3 Å². The molecule has 0 aliphatic rings. The molecule has 0 fully saturated rings. The highest BCUT2D eigenvalue weighted by Crippen LogP contribution is 2.15. The molecule has 0 atom stereocenters. The Morgan fingerprint density at radius 1 is 1.32 bits per heavy atom. The molecular formula is C15H25NO3. The van der Waals surface area contributed by atoms with Crippen LogP contribution in [0.3, 0.4) is 0 Å². The molecule has 0 amide bonds. The molecule has 4 nitrogen and oxygen atoms in total. The molecule has 4 heteroatoms. The summed E-state index contributed by atoms with van der Waals surface area (Å²) in [5, 5.41) is 0. The molecule has 1 heterocycles. The molecule has 0 unspecified atom stereocenters. The van der Waals surface area contributed by atoms with Crippen LogP contribution in [0.1, 0.15) is 42.5 Å². The summed E-state index contributed by atoms with van der Waals surface area (Å²) in [5.74, 6) is 0.0392. The fourth-order valence-corrected chi connectivity index (χ4v) is 2.16. The molecule has 0 aromatic carbocycles. The first-order valence-electron chi connectivity index (χ1n) is 6.86. The third-order valence-corrected chi connectivity index (χ3v) is 3.10. The zero-order valence-corrected chi connectivity index (χ0v) is 12.7. The van der Waals surface area contributed by atoms with Crippen LogP contribution in [-0.2, 0) is 16.0 Å². The molecule has 0 aliphatic carbocycles. The van der Waals surface area contributed by atoms with Crippen LogP contribution in [0.15, 0.2) is 6.07 Å². The Hall–Kier alpha value is -1.13. The van der Waals surface area contributed by atoms with Crippen LogP contribution in [0, 0.1) is 13.8 Å². The number of Topliss-reactive ketones (excluding diaryl/α,β-unsaturated/α-hetero) is 1. The van der Waals surface area contributed by atoms with E-state index in [0.29, 0.717) is 13.2 Å². The molecule has 1 rings (SSSR count). The number of nitrogens with zero attached hydrogens (tertiary/aromatic N) is 1. The summed E-state index contributed by atoms with van der Waals surface area (Å²) in [4.78, 5) is 12.1. The van der Waals surface area contributed by atoms with E-state index < -0.39 is 0 Å². The molecule has 19 heavy (non-hydrogen) atoms. The van der Waals surface area contributed by atoms with Crippen LogP contribution in [0.4, 0.5) is 0 Å². The van der Waals surface area contributed by atoms with Crippen LogP contribution in [0.5, 0.6) is 0 Å². The minimum atomic E-state index is 0.0392. The van der Waals surface area contributed by atoms with E-state index in [1.807, 2.05) is 33.8 Å². The lowest BCUT2D eigenvalue weighted by Gasteiger charge is -2.08. The van der Waals surface area contributed by atoms with Crippen molar-refractivity contribution >= 4 is 5.78 Å². The predicted octanol–water partition coefficient (Wildman–Crippen LogP) is 2.75. The van der Waals surface area contributed by atoms with Gasteiger partial charge in [-0.15, -0.1) is 0 Å². The van der Waals surface area contributed by atoms with Crippen LogP contribution < -0.4 is 0 Å². The number of aryl methyl sites for hydroxylation is 1. The van der Waals surface area contributed by atoms with Crippen molar-refractivity contribution in [3.63, 3.8) is 0 Å². The average Bonchev–Trinajstić information content (AvgIpc) is 2.63. The van der Waals surface area contributed by atoms with E-state index in [9.17, 15) is 4.79 Å². The molecule has 1 aromatic rings. The fraction of sp³-hybridized carbons (Fsp3) is 0.667. The van der Waals surface area contributed by atoms with E-state index in [1.54, 1.807) is 0 Å². The van der Waals surface area contributed by atoms with Gasteiger partial charge in [0.25, 0.3) is 0 Å². The fourth-order valence-electron chi connectivity index (χ4n) is 2.16. The van der Waals surface area contributed by atoms with Gasteiger partial charge in [-0.2, -0.15) is 0 Å². The standard InChI is InChI=1S/C15H25NO3/c1-6-16-12(4)9-14(13(16)5)15(17)10-18-7-8-19-11(2)3/h9,11H,6-8,10H2,1-5H3. The molecule has 0 aliphatic heterocycles. The SMILES string of the molecule is CCn1c(C)cc(C(=O)COCCOC(C)C)c1C. The Morgan fingerprint density at radius 3 is 2.53 bits per heavy atom. The Morgan fingerprint density at radius 2 is 2.00 bits per heavy atom. The molecule has 108 valence electrons. The highest BCUT2D eigenvalue weighted by atomic mass is 16.5. The highest BCUT2D eigenvalue weighted by molar-refractivity contribution is 5.98. The number of rotatable bonds is 8. The van der Waals surface area contributed by atoms with Gasteiger partial charge < -0.3 is 14.0 Å². The van der Waals surface area contributed by atoms with Gasteiger partial charge in [-0.25, -0.2) is 0 Å². The Kier molecular flexibility index (Phi) is 6.25. The Labute approximate surface area is 115 Å². The third-order valence-electron chi connectivity index (χ3n) is 3.10. The van der Waals surface area contributed by atoms with Gasteiger partial charge in [0.05, 0.1) is 19.3 Å². The van der Waals surface area contributed by atoms with E-state index in [0.717, 1.165) is 23.5 Å². The maximum absolute atomic E-state index is 12.1. The number of hydrogen-bond donors (Lipinski definition) is 0. The number of ether oxygens (including phenoxy) is 2. The quantitative estimate of drug-likeness (QED) is 0.537. The van der Waals surface area contributed by atoms with Crippen molar-refractivity contribution in [1.82, 2.24) is 4.57 Å². The summed E-state index contributed by atoms with van der Waals surface area (Å²) in [6.07, 6.45) is 0.197. The zero-order valence-electron chi connectivity index (χ0n) is 12.7. The smallest absolute Gasteiger partial charge is 0.190 e. The number of hydrogen-bond acceptors (Lipinski definition) is 3. The third kappa shape index (κ3) is 4.48. The Bertz CT molecular complexity index is 421. The number of ketones is 1. The summed E-state index contributed by atoms with van der Waals surface area (Å²) in [5.41, 5.74) is 2.91. The van der Waals surface area contributed by atoms with Crippen molar-refractivity contribution in [2.75, 3.05) is 19.8 Å². The molecule has 0 saturated heterocycles. The topological polar surface area (TPSA) is 40.5 Å². The van der Waals surface area contributed by atoms with E-state index in [4.69, 9.17) is 9.47 Å². The molecular weight excluding hydrogens is 242 g/mol. The minimum absolute atomic E-state index is 0.0392. The monoisotopic (exact) mass is 267 g/mol. The van der Waals surface area contributed by atoms with Crippen molar-refractivity contribution in [2.24, 2.45) is 0 Å². The molecule has 0 bridgehead atoms. The summed E-state index contributed by atoms with van der Waals surface area (Å²) < 4.78 is 12.8. The van der Waals surface area contributed by atoms with Gasteiger partial charge in [-0.1, -0.05) is 0 Å². The van der Waals surface area contributed by atoms with Crippen molar-refractivity contribution in [1.29, 1.82) is 0 Å². The van der Waals surface area contributed by atoms with Gasteiger partial charge in [-0.3, -0.25) is 4.79 Å². The molecule has 0 radical (unpaired) electrons. The van der Waals surface area contributed by atoms with E-state index >= 15 is 0 Å². The number of carbonyl (C=O) groups excluding carboxylic acids is 1. The second kappa shape index (κ2) is 7.46. The summed E-state index contributed by atoms with van der Waals surface area (Å²) in [6.45, 7) is 12.0. The van der Waals surface area contributed by atoms with Crippen molar-refractivity contribution in [3.8, 4) is 0 Å². The van der Waals surface area contributed by atoms with Crippen molar-refractivity contribution in [3.05, 3.63) is 23.0 Å². The van der Waals surface area contributed by atoms with Crippen LogP contribution in [0.2, 0.25) is 0 Å². The number of aromatic nitrogens is 1. The number of carbonyl (C=O) groups is 1. The maximum Gasteiger partial charge on any atom is 0.190 e. The van der Waals surface area contributed by atoms with E-state index in [1.165, 1.54) is 0 Å². The van der Waals surface area contributed by atoms with Gasteiger partial charge in [0.1, 0.15) is 6.61 Å². The molecule has 0 N–H and O–H groups in total. The average molecular weight is 267 g/mol. The Balaban J connectivity index is 2.46. The maximum atomic E-state index is 12.1. The molecule has 0 saturated carbocycles. The summed E-state index contributed by atoms with van der Waals surface area (Å²) in [7, 11) is 0. The molecule has 1 aromatic heterocycles. The minimum Gasteiger partial charge on any atom is -0.376 e. The second-order valence-corrected chi connectivity index (χ2v) is 4.92. The largest absolute Gasteiger partial charge is 0.376 e. The normalized spacial score (nSPS) is 11.3. The van der Waals surface area contributed by atoms with Crippen LogP contribution in [-0.4, -0.2) is 36.3 Å². The first-order valence-corrected chi connectivity index (χ1v) is 6.86. The summed E-state index contributed by atoms with van der Waals surface area (Å²) >= 11 is 0. The second-order valence-electron chi connectivity index (χ2n) is 4.92. The zero-order chi connectivity index (χ0) is 14.4. The van der Waals surface area contributed by atoms with Gasteiger partial charge in [0, 0.05) is 23.5 Å². The lowest BCUT2D eigenvalue weighted by atomic mass is 10.1. The van der Waals surface area contributed by atoms with Crippen molar-refractivity contribution < 1.29 is 14.3 Å². The lowest BCUT2D eigenvalue weighted by molar-refractivity contribution is 0.0208. The first kappa shape index (κ1) is 15.9. The lowest BCUT2D eigenvalue weighted by Crippen LogP contribution is -2.15. The molecule has 0 spiro atoms.